The van der Waals surface area contributed by atoms with Crippen LogP contribution in [0.5, 0.6) is 0 Å². The van der Waals surface area contributed by atoms with Crippen molar-refractivity contribution in [2.24, 2.45) is 0 Å². The molecule has 5 heteroatoms. The van der Waals surface area contributed by atoms with Crippen molar-refractivity contribution >= 4 is 28.7 Å². The van der Waals surface area contributed by atoms with Crippen molar-refractivity contribution in [3.63, 3.8) is 0 Å². The molecule has 0 spiro atoms. The summed E-state index contributed by atoms with van der Waals surface area (Å²) in [7, 11) is 4.02. The predicted molar refractivity (Wildman–Crippen MR) is 100.0 cm³/mol. The summed E-state index contributed by atoms with van der Waals surface area (Å²) in [6.07, 6.45) is 2.24. The number of nitrogens with one attached hydrogen (secondary N) is 1. The lowest BCUT2D eigenvalue weighted by atomic mass is 10.1. The third-order valence-electron chi connectivity index (χ3n) is 3.79. The van der Waals surface area contributed by atoms with Gasteiger partial charge in [0, 0.05) is 39.2 Å². The van der Waals surface area contributed by atoms with Crippen LogP contribution in [0.3, 0.4) is 0 Å². The number of benzene rings is 1. The van der Waals surface area contributed by atoms with Crippen LogP contribution in [0.2, 0.25) is 0 Å². The molecule has 0 radical (unpaired) electrons. The molecular formula is C19H24N2O2S. The molecule has 0 saturated heterocycles. The normalized spacial score (nSPS) is 10.4. The Hall–Kier alpha value is -2.14. The van der Waals surface area contributed by atoms with Crippen molar-refractivity contribution < 1.29 is 9.59 Å². The monoisotopic (exact) mass is 344 g/mol. The number of rotatable bonds is 9. The summed E-state index contributed by atoms with van der Waals surface area (Å²) in [4.78, 5) is 26.5. The van der Waals surface area contributed by atoms with Gasteiger partial charge in [0.25, 0.3) is 0 Å². The van der Waals surface area contributed by atoms with E-state index in [2.05, 4.69) is 34.5 Å². The lowest BCUT2D eigenvalue weighted by Crippen LogP contribution is -2.25. The Morgan fingerprint density at radius 2 is 1.83 bits per heavy atom. The molecule has 1 amide bonds. The smallest absolute Gasteiger partial charge is 0.220 e. The van der Waals surface area contributed by atoms with Crippen LogP contribution in [-0.4, -0.2) is 32.3 Å². The molecule has 1 aromatic heterocycles. The lowest BCUT2D eigenvalue weighted by Gasteiger charge is -2.12. The summed E-state index contributed by atoms with van der Waals surface area (Å²) in [5.41, 5.74) is 2.37. The molecule has 0 aliphatic heterocycles. The molecule has 2 rings (SSSR count). The third-order valence-corrected chi connectivity index (χ3v) is 4.70. The van der Waals surface area contributed by atoms with E-state index in [0.717, 1.165) is 17.0 Å². The molecule has 0 fully saturated rings. The Kier molecular flexibility index (Phi) is 7.00. The Morgan fingerprint density at radius 3 is 2.46 bits per heavy atom. The fourth-order valence-corrected chi connectivity index (χ4v) is 3.06. The SMILES string of the molecule is CN(C)c1ccc(CCNC(=O)CCCC(=O)c2cccs2)cc1. The first-order valence-electron chi connectivity index (χ1n) is 8.16. The van der Waals surface area contributed by atoms with E-state index in [0.29, 0.717) is 25.8 Å². The van der Waals surface area contributed by atoms with E-state index in [4.69, 9.17) is 0 Å². The number of hydrogen-bond donors (Lipinski definition) is 1. The Balaban J connectivity index is 1.62. The number of carbonyl (C=O) groups excluding carboxylic acids is 2. The van der Waals surface area contributed by atoms with Gasteiger partial charge in [-0.25, -0.2) is 0 Å². The maximum atomic E-state index is 11.8. The van der Waals surface area contributed by atoms with Gasteiger partial charge in [-0.15, -0.1) is 11.3 Å². The quantitative estimate of drug-likeness (QED) is 0.708. The van der Waals surface area contributed by atoms with Gasteiger partial charge < -0.3 is 10.2 Å². The lowest BCUT2D eigenvalue weighted by molar-refractivity contribution is -0.121. The minimum absolute atomic E-state index is 0.0129. The molecule has 1 N–H and O–H groups in total. The molecule has 0 bridgehead atoms. The summed E-state index contributed by atoms with van der Waals surface area (Å²) in [5.74, 6) is 0.137. The predicted octanol–water partition coefficient (Wildman–Crippen LogP) is 3.53. The van der Waals surface area contributed by atoms with E-state index in [1.165, 1.54) is 16.9 Å². The van der Waals surface area contributed by atoms with Gasteiger partial charge in [-0.05, 0) is 42.0 Å². The molecule has 0 aliphatic carbocycles. The van der Waals surface area contributed by atoms with Crippen LogP contribution < -0.4 is 10.2 Å². The fraction of sp³-hybridized carbons (Fsp3) is 0.368. The molecule has 0 aliphatic rings. The first-order chi connectivity index (χ1) is 11.6. The molecule has 4 nitrogen and oxygen atoms in total. The summed E-state index contributed by atoms with van der Waals surface area (Å²) >= 11 is 1.45. The van der Waals surface area contributed by atoms with E-state index in [-0.39, 0.29) is 11.7 Å². The van der Waals surface area contributed by atoms with Crippen molar-refractivity contribution in [2.45, 2.75) is 25.7 Å². The standard InChI is InChI=1S/C19H24N2O2S/c1-21(2)16-10-8-15(9-11-16)12-13-20-19(23)7-3-5-17(22)18-6-4-14-24-18/h4,6,8-11,14H,3,5,7,12-13H2,1-2H3,(H,20,23). The van der Waals surface area contributed by atoms with Gasteiger partial charge in [-0.1, -0.05) is 18.2 Å². The average Bonchev–Trinajstić information content (AvgIpc) is 3.10. The highest BCUT2D eigenvalue weighted by Crippen LogP contribution is 2.13. The van der Waals surface area contributed by atoms with E-state index < -0.39 is 0 Å². The van der Waals surface area contributed by atoms with Gasteiger partial charge in [0.15, 0.2) is 5.78 Å². The zero-order valence-corrected chi connectivity index (χ0v) is 15.1. The van der Waals surface area contributed by atoms with E-state index in [1.54, 1.807) is 0 Å². The average molecular weight is 344 g/mol. The van der Waals surface area contributed by atoms with Crippen molar-refractivity contribution in [3.8, 4) is 0 Å². The third kappa shape index (κ3) is 5.81. The first kappa shape index (κ1) is 18.2. The number of nitrogens with zero attached hydrogens (tertiary/aromatic N) is 1. The van der Waals surface area contributed by atoms with Gasteiger partial charge in [0.2, 0.25) is 5.91 Å². The molecule has 0 atom stereocenters. The highest BCUT2D eigenvalue weighted by molar-refractivity contribution is 7.12. The van der Waals surface area contributed by atoms with Gasteiger partial charge in [-0.3, -0.25) is 9.59 Å². The number of amides is 1. The minimum atomic E-state index is 0.0129. The van der Waals surface area contributed by atoms with Crippen LogP contribution in [0.15, 0.2) is 41.8 Å². The largest absolute Gasteiger partial charge is 0.378 e. The first-order valence-corrected chi connectivity index (χ1v) is 9.04. The van der Waals surface area contributed by atoms with Crippen LogP contribution in [-0.2, 0) is 11.2 Å². The second-order valence-corrected chi connectivity index (χ2v) is 6.86. The highest BCUT2D eigenvalue weighted by atomic mass is 32.1. The molecule has 1 aromatic carbocycles. The number of Topliss-reactive ketones (excluding diaryl/α,β-unsaturated/α-hetero) is 1. The van der Waals surface area contributed by atoms with Crippen molar-refractivity contribution in [1.29, 1.82) is 0 Å². The van der Waals surface area contributed by atoms with Crippen molar-refractivity contribution in [3.05, 3.63) is 52.2 Å². The van der Waals surface area contributed by atoms with E-state index in [9.17, 15) is 9.59 Å². The van der Waals surface area contributed by atoms with Gasteiger partial charge in [0.05, 0.1) is 4.88 Å². The molecule has 0 unspecified atom stereocenters. The molecule has 0 saturated carbocycles. The molecular weight excluding hydrogens is 320 g/mol. The summed E-state index contributed by atoms with van der Waals surface area (Å²) < 4.78 is 0. The van der Waals surface area contributed by atoms with Crippen LogP contribution in [0.25, 0.3) is 0 Å². The molecule has 24 heavy (non-hydrogen) atoms. The van der Waals surface area contributed by atoms with Crippen LogP contribution in [0.1, 0.15) is 34.5 Å². The van der Waals surface area contributed by atoms with Crippen molar-refractivity contribution in [1.82, 2.24) is 5.32 Å². The number of anilines is 1. The zero-order valence-electron chi connectivity index (χ0n) is 14.2. The summed E-state index contributed by atoms with van der Waals surface area (Å²) in [6.45, 7) is 0.624. The number of carbonyl (C=O) groups is 2. The van der Waals surface area contributed by atoms with Crippen molar-refractivity contribution in [2.75, 3.05) is 25.5 Å². The topological polar surface area (TPSA) is 49.4 Å². The van der Waals surface area contributed by atoms with Gasteiger partial charge >= 0.3 is 0 Å². The number of thiophene rings is 1. The minimum Gasteiger partial charge on any atom is -0.378 e. The summed E-state index contributed by atoms with van der Waals surface area (Å²) in [6, 6.07) is 12.0. The summed E-state index contributed by atoms with van der Waals surface area (Å²) in [5, 5.41) is 4.81. The number of hydrogen-bond acceptors (Lipinski definition) is 4. The number of ketones is 1. The Morgan fingerprint density at radius 1 is 1.08 bits per heavy atom. The van der Waals surface area contributed by atoms with E-state index in [1.807, 2.05) is 31.6 Å². The highest BCUT2D eigenvalue weighted by Gasteiger charge is 2.08. The van der Waals surface area contributed by atoms with Crippen LogP contribution >= 0.6 is 11.3 Å². The van der Waals surface area contributed by atoms with Crippen LogP contribution in [0, 0.1) is 0 Å². The molecule has 1 heterocycles. The molecule has 128 valence electrons. The second-order valence-electron chi connectivity index (χ2n) is 5.91. The Labute approximate surface area is 147 Å². The maximum absolute atomic E-state index is 11.8. The van der Waals surface area contributed by atoms with Gasteiger partial charge in [0.1, 0.15) is 0 Å². The zero-order chi connectivity index (χ0) is 17.4. The van der Waals surface area contributed by atoms with E-state index >= 15 is 0 Å². The fourth-order valence-electron chi connectivity index (χ4n) is 2.37. The Bertz CT molecular complexity index is 649. The van der Waals surface area contributed by atoms with Gasteiger partial charge in [-0.2, -0.15) is 0 Å². The van der Waals surface area contributed by atoms with Crippen LogP contribution in [0.4, 0.5) is 5.69 Å². The second kappa shape index (κ2) is 9.23. The maximum Gasteiger partial charge on any atom is 0.220 e. The molecule has 2 aromatic rings.